The van der Waals surface area contributed by atoms with Gasteiger partial charge in [-0.1, -0.05) is 19.1 Å². The van der Waals surface area contributed by atoms with E-state index in [4.69, 9.17) is 4.42 Å². The zero-order valence-electron chi connectivity index (χ0n) is 10.7. The van der Waals surface area contributed by atoms with Crippen LogP contribution < -0.4 is 5.32 Å². The van der Waals surface area contributed by atoms with Crippen LogP contribution >= 0.6 is 0 Å². The molecule has 1 aromatic heterocycles. The highest BCUT2D eigenvalue weighted by molar-refractivity contribution is 5.60. The van der Waals surface area contributed by atoms with Crippen molar-refractivity contribution >= 4 is 0 Å². The van der Waals surface area contributed by atoms with Crippen LogP contribution in [0.3, 0.4) is 0 Å². The normalized spacial score (nSPS) is 10.8. The maximum absolute atomic E-state index is 13.5. The molecule has 0 fully saturated rings. The molecular formula is C14H17FN2O. The van der Waals surface area contributed by atoms with E-state index in [1.807, 2.05) is 6.07 Å². The quantitative estimate of drug-likeness (QED) is 0.825. The maximum atomic E-state index is 13.5. The Balaban J connectivity index is 2.22. The van der Waals surface area contributed by atoms with Crippen LogP contribution in [0.5, 0.6) is 0 Å². The van der Waals surface area contributed by atoms with E-state index < -0.39 is 0 Å². The van der Waals surface area contributed by atoms with Crippen molar-refractivity contribution in [3.8, 4) is 11.3 Å². The van der Waals surface area contributed by atoms with E-state index in [0.717, 1.165) is 24.2 Å². The van der Waals surface area contributed by atoms with Crippen LogP contribution in [0.4, 0.5) is 4.39 Å². The van der Waals surface area contributed by atoms with Gasteiger partial charge < -0.3 is 9.73 Å². The summed E-state index contributed by atoms with van der Waals surface area (Å²) in [6.07, 6.45) is 2.46. The lowest BCUT2D eigenvalue weighted by Crippen LogP contribution is -2.14. The lowest BCUT2D eigenvalue weighted by atomic mass is 10.1. The zero-order valence-corrected chi connectivity index (χ0v) is 10.7. The summed E-state index contributed by atoms with van der Waals surface area (Å²) in [6.45, 7) is 5.40. The second-order valence-corrected chi connectivity index (χ2v) is 4.27. The van der Waals surface area contributed by atoms with Crippen molar-refractivity contribution < 1.29 is 8.81 Å². The predicted octanol–water partition coefficient (Wildman–Crippen LogP) is 3.29. The molecule has 0 bridgehead atoms. The first kappa shape index (κ1) is 12.8. The topological polar surface area (TPSA) is 38.1 Å². The van der Waals surface area contributed by atoms with Gasteiger partial charge in [-0.05, 0) is 31.5 Å². The van der Waals surface area contributed by atoms with Crippen molar-refractivity contribution in [3.63, 3.8) is 0 Å². The molecule has 1 aromatic carbocycles. The van der Waals surface area contributed by atoms with Crippen molar-refractivity contribution in [2.24, 2.45) is 0 Å². The average Bonchev–Trinajstić information content (AvgIpc) is 2.81. The van der Waals surface area contributed by atoms with Crippen molar-refractivity contribution in [3.05, 3.63) is 41.7 Å². The second-order valence-electron chi connectivity index (χ2n) is 4.27. The van der Waals surface area contributed by atoms with Gasteiger partial charge in [0.25, 0.3) is 0 Å². The molecule has 4 heteroatoms. The van der Waals surface area contributed by atoms with Crippen molar-refractivity contribution in [2.75, 3.05) is 6.54 Å². The number of oxazole rings is 1. The van der Waals surface area contributed by atoms with Crippen LogP contribution in [-0.2, 0) is 6.54 Å². The van der Waals surface area contributed by atoms with Crippen LogP contribution in [0.25, 0.3) is 11.3 Å². The van der Waals surface area contributed by atoms with Gasteiger partial charge in [0.05, 0.1) is 0 Å². The third-order valence-electron chi connectivity index (χ3n) is 2.79. The molecule has 0 aliphatic rings. The SMILES string of the molecule is CCCNCc1ncoc1-c1ccc(C)c(F)c1. The molecule has 0 aliphatic heterocycles. The number of aromatic nitrogens is 1. The first-order chi connectivity index (χ1) is 8.72. The summed E-state index contributed by atoms with van der Waals surface area (Å²) in [6, 6.07) is 5.08. The Labute approximate surface area is 106 Å². The fourth-order valence-electron chi connectivity index (χ4n) is 1.75. The number of halogens is 1. The Kier molecular flexibility index (Phi) is 4.10. The minimum Gasteiger partial charge on any atom is -0.443 e. The molecule has 0 radical (unpaired) electrons. The number of aryl methyl sites for hydroxylation is 1. The van der Waals surface area contributed by atoms with Gasteiger partial charge in [-0.3, -0.25) is 0 Å². The van der Waals surface area contributed by atoms with E-state index in [-0.39, 0.29) is 5.82 Å². The fourth-order valence-corrected chi connectivity index (χ4v) is 1.75. The van der Waals surface area contributed by atoms with Crippen LogP contribution in [-0.4, -0.2) is 11.5 Å². The molecule has 1 heterocycles. The van der Waals surface area contributed by atoms with Crippen LogP contribution in [0.15, 0.2) is 29.0 Å². The Morgan fingerprint density at radius 2 is 2.22 bits per heavy atom. The van der Waals surface area contributed by atoms with Crippen molar-refractivity contribution in [2.45, 2.75) is 26.8 Å². The lowest BCUT2D eigenvalue weighted by Gasteiger charge is -2.04. The third-order valence-corrected chi connectivity index (χ3v) is 2.79. The summed E-state index contributed by atoms with van der Waals surface area (Å²) in [5.74, 6) is 0.411. The van der Waals surface area contributed by atoms with E-state index >= 15 is 0 Å². The number of hydrogen-bond donors (Lipinski definition) is 1. The van der Waals surface area contributed by atoms with Crippen LogP contribution in [0.2, 0.25) is 0 Å². The lowest BCUT2D eigenvalue weighted by molar-refractivity contribution is 0.567. The third kappa shape index (κ3) is 2.76. The molecule has 0 atom stereocenters. The zero-order chi connectivity index (χ0) is 13.0. The maximum Gasteiger partial charge on any atom is 0.181 e. The van der Waals surface area contributed by atoms with Crippen molar-refractivity contribution in [1.82, 2.24) is 10.3 Å². The number of nitrogens with one attached hydrogen (secondary N) is 1. The largest absolute Gasteiger partial charge is 0.443 e. The van der Waals surface area contributed by atoms with E-state index in [1.165, 1.54) is 12.5 Å². The number of benzene rings is 1. The molecule has 1 N–H and O–H groups in total. The smallest absolute Gasteiger partial charge is 0.181 e. The first-order valence-electron chi connectivity index (χ1n) is 6.12. The molecule has 0 amide bonds. The number of rotatable bonds is 5. The molecule has 18 heavy (non-hydrogen) atoms. The molecule has 2 rings (SSSR count). The number of nitrogens with zero attached hydrogens (tertiary/aromatic N) is 1. The van der Waals surface area contributed by atoms with Gasteiger partial charge in [-0.25, -0.2) is 9.37 Å². The minimum atomic E-state index is -0.226. The highest BCUT2D eigenvalue weighted by atomic mass is 19.1. The molecular weight excluding hydrogens is 231 g/mol. The summed E-state index contributed by atoms with van der Waals surface area (Å²) in [7, 11) is 0. The molecule has 0 saturated heterocycles. The Bertz CT molecular complexity index is 522. The monoisotopic (exact) mass is 248 g/mol. The molecule has 3 nitrogen and oxygen atoms in total. The van der Waals surface area contributed by atoms with Crippen LogP contribution in [0.1, 0.15) is 24.6 Å². The van der Waals surface area contributed by atoms with Gasteiger partial charge in [-0.2, -0.15) is 0 Å². The summed E-state index contributed by atoms with van der Waals surface area (Å²) < 4.78 is 18.9. The molecule has 2 aromatic rings. The number of hydrogen-bond acceptors (Lipinski definition) is 3. The molecule has 96 valence electrons. The standard InChI is InChI=1S/C14H17FN2O/c1-3-6-16-8-13-14(18-9-17-13)11-5-4-10(2)12(15)7-11/h4-5,7,9,16H,3,6,8H2,1-2H3. The molecule has 0 unspecified atom stereocenters. The molecule has 0 spiro atoms. The summed E-state index contributed by atoms with van der Waals surface area (Å²) in [4.78, 5) is 4.16. The molecule has 0 saturated carbocycles. The van der Waals surface area contributed by atoms with E-state index in [0.29, 0.717) is 17.9 Å². The van der Waals surface area contributed by atoms with Gasteiger partial charge in [0.1, 0.15) is 11.5 Å². The minimum absolute atomic E-state index is 0.226. The van der Waals surface area contributed by atoms with Crippen LogP contribution in [0, 0.1) is 12.7 Å². The van der Waals surface area contributed by atoms with Gasteiger partial charge in [0.15, 0.2) is 12.2 Å². The van der Waals surface area contributed by atoms with Gasteiger partial charge in [0, 0.05) is 12.1 Å². The van der Waals surface area contributed by atoms with Crippen molar-refractivity contribution in [1.29, 1.82) is 0 Å². The summed E-state index contributed by atoms with van der Waals surface area (Å²) in [5, 5.41) is 3.26. The van der Waals surface area contributed by atoms with Gasteiger partial charge in [-0.15, -0.1) is 0 Å². The van der Waals surface area contributed by atoms with E-state index in [9.17, 15) is 4.39 Å². The predicted molar refractivity (Wildman–Crippen MR) is 68.6 cm³/mol. The van der Waals surface area contributed by atoms with Gasteiger partial charge in [0.2, 0.25) is 0 Å². The summed E-state index contributed by atoms with van der Waals surface area (Å²) in [5.41, 5.74) is 2.17. The molecule has 0 aliphatic carbocycles. The van der Waals surface area contributed by atoms with Gasteiger partial charge >= 0.3 is 0 Å². The Morgan fingerprint density at radius 1 is 1.39 bits per heavy atom. The Morgan fingerprint density at radius 3 is 2.94 bits per heavy atom. The van der Waals surface area contributed by atoms with E-state index in [1.54, 1.807) is 13.0 Å². The second kappa shape index (κ2) is 5.78. The Hall–Kier alpha value is -1.68. The fraction of sp³-hybridized carbons (Fsp3) is 0.357. The first-order valence-corrected chi connectivity index (χ1v) is 6.12. The average molecular weight is 248 g/mol. The van der Waals surface area contributed by atoms with E-state index in [2.05, 4.69) is 17.2 Å². The highest BCUT2D eigenvalue weighted by Crippen LogP contribution is 2.24. The highest BCUT2D eigenvalue weighted by Gasteiger charge is 2.11. The summed E-state index contributed by atoms with van der Waals surface area (Å²) >= 11 is 0.